The van der Waals surface area contributed by atoms with Crippen molar-refractivity contribution >= 4 is 5.69 Å². The SMILES string of the molecule is Cc1ccc(NCCCn2ccnc2)cc1C(F)(F)F. The minimum Gasteiger partial charge on any atom is -0.385 e. The summed E-state index contributed by atoms with van der Waals surface area (Å²) in [5.74, 6) is 0. The van der Waals surface area contributed by atoms with E-state index in [9.17, 15) is 13.2 Å². The van der Waals surface area contributed by atoms with Crippen molar-refractivity contribution < 1.29 is 13.2 Å². The zero-order chi connectivity index (χ0) is 14.6. The van der Waals surface area contributed by atoms with Crippen LogP contribution < -0.4 is 5.32 Å². The molecule has 6 heteroatoms. The molecule has 0 atom stereocenters. The Morgan fingerprint density at radius 1 is 1.30 bits per heavy atom. The summed E-state index contributed by atoms with van der Waals surface area (Å²) >= 11 is 0. The van der Waals surface area contributed by atoms with Crippen molar-refractivity contribution in [3.8, 4) is 0 Å². The van der Waals surface area contributed by atoms with Crippen LogP contribution in [0.3, 0.4) is 0 Å². The molecule has 0 aliphatic carbocycles. The van der Waals surface area contributed by atoms with Crippen LogP contribution in [0.25, 0.3) is 0 Å². The van der Waals surface area contributed by atoms with Gasteiger partial charge in [-0.1, -0.05) is 6.07 Å². The summed E-state index contributed by atoms with van der Waals surface area (Å²) in [6.07, 6.45) is 1.77. The minimum atomic E-state index is -4.31. The quantitative estimate of drug-likeness (QED) is 0.848. The Hall–Kier alpha value is -1.98. The zero-order valence-corrected chi connectivity index (χ0v) is 11.1. The first-order valence-corrected chi connectivity index (χ1v) is 6.34. The Kier molecular flexibility index (Phi) is 4.32. The second-order valence-corrected chi connectivity index (χ2v) is 4.61. The number of benzene rings is 1. The maximum absolute atomic E-state index is 12.8. The highest BCUT2D eigenvalue weighted by molar-refractivity contribution is 5.49. The second-order valence-electron chi connectivity index (χ2n) is 4.61. The molecule has 0 saturated carbocycles. The first-order chi connectivity index (χ1) is 9.47. The molecule has 1 heterocycles. The van der Waals surface area contributed by atoms with Crippen LogP contribution in [0.1, 0.15) is 17.5 Å². The van der Waals surface area contributed by atoms with Gasteiger partial charge in [0.25, 0.3) is 0 Å². The van der Waals surface area contributed by atoms with E-state index in [0.717, 1.165) is 19.0 Å². The molecule has 0 unspecified atom stereocenters. The number of aryl methyl sites for hydroxylation is 2. The van der Waals surface area contributed by atoms with E-state index in [1.54, 1.807) is 18.6 Å². The van der Waals surface area contributed by atoms with Gasteiger partial charge in [0.05, 0.1) is 11.9 Å². The van der Waals surface area contributed by atoms with Crippen LogP contribution in [0.4, 0.5) is 18.9 Å². The number of hydrogen-bond donors (Lipinski definition) is 1. The largest absolute Gasteiger partial charge is 0.416 e. The van der Waals surface area contributed by atoms with Crippen LogP contribution in [0.15, 0.2) is 36.9 Å². The van der Waals surface area contributed by atoms with E-state index in [1.807, 2.05) is 10.8 Å². The summed E-state index contributed by atoms with van der Waals surface area (Å²) in [4.78, 5) is 3.92. The van der Waals surface area contributed by atoms with Crippen molar-refractivity contribution in [3.05, 3.63) is 48.0 Å². The van der Waals surface area contributed by atoms with E-state index < -0.39 is 11.7 Å². The number of nitrogens with zero attached hydrogens (tertiary/aromatic N) is 2. The van der Waals surface area contributed by atoms with Crippen LogP contribution in [0.5, 0.6) is 0 Å². The zero-order valence-electron chi connectivity index (χ0n) is 11.1. The third kappa shape index (κ3) is 3.76. The molecule has 1 aromatic carbocycles. The molecule has 2 aromatic rings. The molecule has 0 spiro atoms. The second kappa shape index (κ2) is 5.98. The van der Waals surface area contributed by atoms with Gasteiger partial charge in [-0.25, -0.2) is 4.98 Å². The maximum Gasteiger partial charge on any atom is 0.416 e. The number of imidazole rings is 1. The van der Waals surface area contributed by atoms with Gasteiger partial charge in [-0.3, -0.25) is 0 Å². The van der Waals surface area contributed by atoms with E-state index in [4.69, 9.17) is 0 Å². The molecule has 3 nitrogen and oxygen atoms in total. The van der Waals surface area contributed by atoms with Gasteiger partial charge in [-0.15, -0.1) is 0 Å². The van der Waals surface area contributed by atoms with Gasteiger partial charge in [0.1, 0.15) is 0 Å². The van der Waals surface area contributed by atoms with E-state index in [-0.39, 0.29) is 5.56 Å². The van der Waals surface area contributed by atoms with E-state index >= 15 is 0 Å². The molecule has 0 aliphatic heterocycles. The molecule has 0 fully saturated rings. The van der Waals surface area contributed by atoms with Gasteiger partial charge < -0.3 is 9.88 Å². The first-order valence-electron chi connectivity index (χ1n) is 6.34. The molecular formula is C14H16F3N3. The van der Waals surface area contributed by atoms with Gasteiger partial charge in [0, 0.05) is 31.2 Å². The molecular weight excluding hydrogens is 267 g/mol. The first kappa shape index (κ1) is 14.4. The van der Waals surface area contributed by atoms with Gasteiger partial charge in [-0.05, 0) is 31.0 Å². The lowest BCUT2D eigenvalue weighted by molar-refractivity contribution is -0.138. The number of alkyl halides is 3. The highest BCUT2D eigenvalue weighted by Crippen LogP contribution is 2.33. The van der Waals surface area contributed by atoms with Crippen LogP contribution in [-0.2, 0) is 12.7 Å². The summed E-state index contributed by atoms with van der Waals surface area (Å²) in [7, 11) is 0. The number of aromatic nitrogens is 2. The predicted molar refractivity (Wildman–Crippen MR) is 71.5 cm³/mol. The van der Waals surface area contributed by atoms with Gasteiger partial charge in [0.15, 0.2) is 0 Å². The molecule has 1 N–H and O–H groups in total. The third-order valence-electron chi connectivity index (χ3n) is 3.02. The van der Waals surface area contributed by atoms with Gasteiger partial charge in [-0.2, -0.15) is 13.2 Å². The third-order valence-corrected chi connectivity index (χ3v) is 3.02. The maximum atomic E-state index is 12.8. The summed E-state index contributed by atoms with van der Waals surface area (Å²) in [6, 6.07) is 4.31. The van der Waals surface area contributed by atoms with Crippen molar-refractivity contribution in [3.63, 3.8) is 0 Å². The van der Waals surface area contributed by atoms with Crippen LogP contribution >= 0.6 is 0 Å². The number of anilines is 1. The lowest BCUT2D eigenvalue weighted by atomic mass is 10.1. The molecule has 0 bridgehead atoms. The summed E-state index contributed by atoms with van der Waals surface area (Å²) in [5, 5.41) is 3.01. The smallest absolute Gasteiger partial charge is 0.385 e. The molecule has 108 valence electrons. The molecule has 0 radical (unpaired) electrons. The van der Waals surface area contributed by atoms with E-state index in [1.165, 1.54) is 13.0 Å². The highest BCUT2D eigenvalue weighted by atomic mass is 19.4. The van der Waals surface area contributed by atoms with Crippen molar-refractivity contribution in [2.45, 2.75) is 26.1 Å². The van der Waals surface area contributed by atoms with E-state index in [0.29, 0.717) is 12.2 Å². The van der Waals surface area contributed by atoms with Crippen LogP contribution in [0.2, 0.25) is 0 Å². The van der Waals surface area contributed by atoms with Crippen LogP contribution in [-0.4, -0.2) is 16.1 Å². The van der Waals surface area contributed by atoms with Crippen molar-refractivity contribution in [1.29, 1.82) is 0 Å². The minimum absolute atomic E-state index is 0.237. The summed E-state index contributed by atoms with van der Waals surface area (Å²) in [6.45, 7) is 2.86. The van der Waals surface area contributed by atoms with Crippen molar-refractivity contribution in [1.82, 2.24) is 9.55 Å². The Labute approximate surface area is 115 Å². The fourth-order valence-electron chi connectivity index (χ4n) is 1.95. The lowest BCUT2D eigenvalue weighted by Crippen LogP contribution is -2.10. The van der Waals surface area contributed by atoms with Crippen molar-refractivity contribution in [2.75, 3.05) is 11.9 Å². The molecule has 20 heavy (non-hydrogen) atoms. The average Bonchev–Trinajstić information content (AvgIpc) is 2.88. The number of hydrogen-bond acceptors (Lipinski definition) is 2. The Bertz CT molecular complexity index is 547. The Morgan fingerprint density at radius 3 is 2.75 bits per heavy atom. The number of halogens is 3. The molecule has 0 aliphatic rings. The summed E-state index contributed by atoms with van der Waals surface area (Å²) < 4.78 is 40.2. The van der Waals surface area contributed by atoms with Gasteiger partial charge >= 0.3 is 6.18 Å². The molecule has 0 amide bonds. The topological polar surface area (TPSA) is 29.9 Å². The average molecular weight is 283 g/mol. The molecule has 0 saturated heterocycles. The lowest BCUT2D eigenvalue weighted by Gasteiger charge is -2.13. The Balaban J connectivity index is 1.90. The fraction of sp³-hybridized carbons (Fsp3) is 0.357. The Morgan fingerprint density at radius 2 is 2.10 bits per heavy atom. The monoisotopic (exact) mass is 283 g/mol. The molecule has 1 aromatic heterocycles. The highest BCUT2D eigenvalue weighted by Gasteiger charge is 2.32. The number of nitrogens with one attached hydrogen (secondary N) is 1. The van der Waals surface area contributed by atoms with Crippen molar-refractivity contribution in [2.24, 2.45) is 0 Å². The van der Waals surface area contributed by atoms with Gasteiger partial charge in [0.2, 0.25) is 0 Å². The van der Waals surface area contributed by atoms with Crippen LogP contribution in [0, 0.1) is 6.92 Å². The normalized spacial score (nSPS) is 11.6. The van der Waals surface area contributed by atoms with E-state index in [2.05, 4.69) is 10.3 Å². The fourth-order valence-corrected chi connectivity index (χ4v) is 1.95. The summed E-state index contributed by atoms with van der Waals surface area (Å²) in [5.41, 5.74) is 0.145. The number of rotatable bonds is 5. The predicted octanol–water partition coefficient (Wildman–Crippen LogP) is 3.71. The molecule has 2 rings (SSSR count). The standard InChI is InChI=1S/C14H16F3N3/c1-11-3-4-12(9-13(11)14(15,16)17)19-5-2-7-20-8-6-18-10-20/h3-4,6,8-10,19H,2,5,7H2,1H3.